The Morgan fingerprint density at radius 2 is 1.79 bits per heavy atom. The number of rotatable bonds is 3. The summed E-state index contributed by atoms with van der Waals surface area (Å²) in [6, 6.07) is 1.19. The fourth-order valence-electron chi connectivity index (χ4n) is 5.42. The Kier molecular flexibility index (Phi) is 6.35. The van der Waals surface area contributed by atoms with E-state index in [0.717, 1.165) is 18.9 Å². The van der Waals surface area contributed by atoms with Gasteiger partial charge in [-0.3, -0.25) is 4.79 Å². The third-order valence-electron chi connectivity index (χ3n) is 7.37. The molecule has 2 bridgehead atoms. The third-order valence-corrected chi connectivity index (χ3v) is 9.35. The van der Waals surface area contributed by atoms with Crippen LogP contribution < -0.4 is 9.46 Å². The van der Waals surface area contributed by atoms with E-state index in [-0.39, 0.29) is 35.5 Å². The molecule has 1 saturated heterocycles. The summed E-state index contributed by atoms with van der Waals surface area (Å²) >= 11 is 0. The lowest BCUT2D eigenvalue weighted by Gasteiger charge is -2.42. The number of halogens is 2. The van der Waals surface area contributed by atoms with Gasteiger partial charge in [0.1, 0.15) is 5.82 Å². The van der Waals surface area contributed by atoms with E-state index in [2.05, 4.69) is 4.72 Å². The van der Waals surface area contributed by atoms with Crippen molar-refractivity contribution in [3.63, 3.8) is 0 Å². The van der Waals surface area contributed by atoms with Gasteiger partial charge in [0.15, 0.2) is 18.2 Å². The van der Waals surface area contributed by atoms with E-state index in [9.17, 15) is 22.0 Å². The van der Waals surface area contributed by atoms with E-state index >= 15 is 0 Å². The Balaban J connectivity index is 1.43. The third kappa shape index (κ3) is 4.88. The maximum Gasteiger partial charge on any atom is 0.260 e. The molecule has 2 saturated carbocycles. The lowest BCUT2D eigenvalue weighted by Crippen LogP contribution is -2.60. The quantitative estimate of drug-likeness (QED) is 0.713. The second kappa shape index (κ2) is 9.11. The van der Waals surface area contributed by atoms with Gasteiger partial charge in [0.05, 0.1) is 24.0 Å². The number of benzene rings is 1. The standard InChI is InChI=1S/C23H30F2N2O5S/c24-15-10-18-14-3-5-16(6-4-14)31-12-21-20(26-33(29,30)17-7-8-17)2-1-9-27(21)22(28)13-32-23(18)19(25)11-15/h10-11,14,16-17,20-21,26H,1-9,12-13H2/t14?,16?,20-,21-/m0/s1. The minimum Gasteiger partial charge on any atom is -0.480 e. The van der Waals surface area contributed by atoms with E-state index in [1.165, 1.54) is 6.07 Å². The van der Waals surface area contributed by atoms with Crippen LogP contribution in [0.3, 0.4) is 0 Å². The molecular formula is C23H30F2N2O5S. The first-order chi connectivity index (χ1) is 15.8. The van der Waals surface area contributed by atoms with Crippen molar-refractivity contribution in [3.05, 3.63) is 29.3 Å². The van der Waals surface area contributed by atoms with Crippen molar-refractivity contribution in [1.82, 2.24) is 9.62 Å². The molecule has 33 heavy (non-hydrogen) atoms. The Bertz CT molecular complexity index is 1010. The Labute approximate surface area is 192 Å². The smallest absolute Gasteiger partial charge is 0.260 e. The van der Waals surface area contributed by atoms with Gasteiger partial charge in [0, 0.05) is 24.2 Å². The largest absolute Gasteiger partial charge is 0.480 e. The molecule has 0 spiro atoms. The van der Waals surface area contributed by atoms with E-state index < -0.39 is 40.3 Å². The monoisotopic (exact) mass is 484 g/mol. The number of hydrogen-bond donors (Lipinski definition) is 1. The fourth-order valence-corrected chi connectivity index (χ4v) is 7.07. The number of fused-ring (bicyclic) bond motifs is 5. The topological polar surface area (TPSA) is 84.9 Å². The summed E-state index contributed by atoms with van der Waals surface area (Å²) in [5.41, 5.74) is 0.461. The molecule has 10 heteroatoms. The van der Waals surface area contributed by atoms with Crippen LogP contribution in [0.1, 0.15) is 62.8 Å². The number of ether oxygens (including phenoxy) is 2. The minimum absolute atomic E-state index is 0.0376. The summed E-state index contributed by atoms with van der Waals surface area (Å²) < 4.78 is 68.6. The van der Waals surface area contributed by atoms with E-state index in [1.807, 2.05) is 0 Å². The highest BCUT2D eigenvalue weighted by molar-refractivity contribution is 7.90. The predicted molar refractivity (Wildman–Crippen MR) is 116 cm³/mol. The Morgan fingerprint density at radius 1 is 1.03 bits per heavy atom. The number of nitrogens with zero attached hydrogens (tertiary/aromatic N) is 1. The molecule has 1 N–H and O–H groups in total. The van der Waals surface area contributed by atoms with Gasteiger partial charge in [-0.05, 0) is 63.4 Å². The first-order valence-corrected chi connectivity index (χ1v) is 13.4. The second-order valence-corrected chi connectivity index (χ2v) is 11.7. The molecule has 3 fully saturated rings. The van der Waals surface area contributed by atoms with Crippen LogP contribution in [0.25, 0.3) is 0 Å². The number of nitrogens with one attached hydrogen (secondary N) is 1. The van der Waals surface area contributed by atoms with Crippen LogP contribution in [-0.2, 0) is 19.6 Å². The Morgan fingerprint density at radius 3 is 2.52 bits per heavy atom. The number of carbonyl (C=O) groups is 1. The van der Waals surface area contributed by atoms with Crippen LogP contribution in [0.4, 0.5) is 8.78 Å². The summed E-state index contributed by atoms with van der Waals surface area (Å²) in [7, 11) is -3.43. The van der Waals surface area contributed by atoms with Crippen LogP contribution in [0.15, 0.2) is 12.1 Å². The molecule has 6 rings (SSSR count). The molecule has 0 aromatic heterocycles. The molecule has 2 aliphatic carbocycles. The molecule has 7 nitrogen and oxygen atoms in total. The van der Waals surface area contributed by atoms with Gasteiger partial charge in [-0.2, -0.15) is 0 Å². The summed E-state index contributed by atoms with van der Waals surface area (Å²) in [6.45, 7) is 0.281. The molecule has 0 radical (unpaired) electrons. The zero-order valence-electron chi connectivity index (χ0n) is 18.5. The van der Waals surface area contributed by atoms with Crippen molar-refractivity contribution in [1.29, 1.82) is 0 Å². The average Bonchev–Trinajstić information content (AvgIpc) is 3.63. The molecular weight excluding hydrogens is 454 g/mol. The van der Waals surface area contributed by atoms with Crippen LogP contribution >= 0.6 is 0 Å². The van der Waals surface area contributed by atoms with Crippen LogP contribution in [0.2, 0.25) is 0 Å². The second-order valence-electron chi connectivity index (χ2n) is 9.67. The zero-order valence-corrected chi connectivity index (χ0v) is 19.3. The molecule has 5 aliphatic rings. The SMILES string of the molecule is O=C1COc2c(F)cc(F)cc2C2CCC(CC2)OC[C@H]2[C@@H](NS(=O)(=O)C3CC3)CCCN12. The number of carbonyl (C=O) groups excluding carboxylic acids is 1. The van der Waals surface area contributed by atoms with E-state index in [1.54, 1.807) is 4.90 Å². The highest BCUT2D eigenvalue weighted by Crippen LogP contribution is 2.40. The first kappa shape index (κ1) is 23.0. The van der Waals surface area contributed by atoms with Crippen LogP contribution in [0.5, 0.6) is 5.75 Å². The Hall–Kier alpha value is -1.78. The van der Waals surface area contributed by atoms with Gasteiger partial charge in [-0.15, -0.1) is 0 Å². The van der Waals surface area contributed by atoms with Crippen molar-refractivity contribution >= 4 is 15.9 Å². The van der Waals surface area contributed by atoms with Gasteiger partial charge in [-0.1, -0.05) is 0 Å². The molecule has 1 aromatic carbocycles. The molecule has 1 amide bonds. The highest BCUT2D eigenvalue weighted by Gasteiger charge is 2.42. The molecule has 182 valence electrons. The highest BCUT2D eigenvalue weighted by atomic mass is 32.2. The van der Waals surface area contributed by atoms with Crippen molar-refractivity contribution in [2.24, 2.45) is 0 Å². The number of piperidine rings is 1. The molecule has 1 aromatic rings. The summed E-state index contributed by atoms with van der Waals surface area (Å²) in [5.74, 6) is -1.96. The van der Waals surface area contributed by atoms with Crippen molar-refractivity contribution in [3.8, 4) is 5.75 Å². The predicted octanol–water partition coefficient (Wildman–Crippen LogP) is 2.84. The maximum atomic E-state index is 14.7. The van der Waals surface area contributed by atoms with Gasteiger partial charge < -0.3 is 14.4 Å². The zero-order chi connectivity index (χ0) is 23.2. The minimum atomic E-state index is -3.43. The van der Waals surface area contributed by atoms with Gasteiger partial charge in [-0.25, -0.2) is 21.9 Å². The summed E-state index contributed by atoms with van der Waals surface area (Å²) in [5, 5.41) is -0.349. The van der Waals surface area contributed by atoms with Gasteiger partial charge >= 0.3 is 0 Å². The maximum absolute atomic E-state index is 14.7. The molecule has 3 aliphatic heterocycles. The molecule has 2 atom stereocenters. The first-order valence-electron chi connectivity index (χ1n) is 11.9. The van der Waals surface area contributed by atoms with Crippen molar-refractivity contribution in [2.75, 3.05) is 19.8 Å². The van der Waals surface area contributed by atoms with E-state index in [0.29, 0.717) is 50.6 Å². The van der Waals surface area contributed by atoms with Gasteiger partial charge in [0.2, 0.25) is 10.0 Å². The lowest BCUT2D eigenvalue weighted by molar-refractivity contribution is -0.140. The van der Waals surface area contributed by atoms with Crippen molar-refractivity contribution in [2.45, 2.75) is 80.7 Å². The normalized spacial score (nSPS) is 31.0. The van der Waals surface area contributed by atoms with Crippen LogP contribution in [0, 0.1) is 11.6 Å². The van der Waals surface area contributed by atoms with Gasteiger partial charge in [0.25, 0.3) is 5.91 Å². The van der Waals surface area contributed by atoms with Crippen LogP contribution in [-0.4, -0.2) is 62.4 Å². The summed E-state index contributed by atoms with van der Waals surface area (Å²) in [4.78, 5) is 14.8. The lowest BCUT2D eigenvalue weighted by atomic mass is 9.82. The average molecular weight is 485 g/mol. The van der Waals surface area contributed by atoms with E-state index in [4.69, 9.17) is 9.47 Å². The molecule has 0 unspecified atom stereocenters. The number of sulfonamides is 1. The number of amides is 1. The number of hydrogen-bond acceptors (Lipinski definition) is 5. The summed E-state index contributed by atoms with van der Waals surface area (Å²) in [6.07, 6.45) is 5.39. The molecule has 3 heterocycles. The van der Waals surface area contributed by atoms with Crippen molar-refractivity contribution < 1.29 is 31.5 Å². The fraction of sp³-hybridized carbons (Fsp3) is 0.696.